The van der Waals surface area contributed by atoms with Gasteiger partial charge in [0.05, 0.1) is 23.5 Å². The first-order valence-electron chi connectivity index (χ1n) is 14.2. The molecule has 2 aliphatic heterocycles. The number of benzene rings is 2. The highest BCUT2D eigenvalue weighted by Crippen LogP contribution is 2.43. The van der Waals surface area contributed by atoms with Crippen molar-refractivity contribution in [3.05, 3.63) is 64.4 Å². The number of ether oxygens (including phenoxy) is 1. The Kier molecular flexibility index (Phi) is 6.27. The Morgan fingerprint density at radius 3 is 2.41 bits per heavy atom. The molecule has 9 heteroatoms. The molecule has 2 saturated heterocycles. The molecule has 3 heterocycles. The second-order valence-corrected chi connectivity index (χ2v) is 12.0. The van der Waals surface area contributed by atoms with Gasteiger partial charge in [-0.1, -0.05) is 22.9 Å². The number of piperazine rings is 1. The third-order valence-electron chi connectivity index (χ3n) is 9.28. The largest absolute Gasteiger partial charge is 0.497 e. The van der Waals surface area contributed by atoms with Crippen molar-refractivity contribution in [1.82, 2.24) is 24.8 Å². The summed E-state index contributed by atoms with van der Waals surface area (Å²) in [7, 11) is 1.70. The van der Waals surface area contributed by atoms with Crippen molar-refractivity contribution in [3.63, 3.8) is 0 Å². The molecule has 0 radical (unpaired) electrons. The van der Waals surface area contributed by atoms with Gasteiger partial charge in [-0.05, 0) is 86.4 Å². The van der Waals surface area contributed by atoms with E-state index < -0.39 is 0 Å². The summed E-state index contributed by atoms with van der Waals surface area (Å²) in [6.45, 7) is 6.72. The van der Waals surface area contributed by atoms with Crippen LogP contribution in [0.1, 0.15) is 53.3 Å². The number of carbonyl (C=O) groups excluding carboxylic acids is 1. The number of anilines is 1. The van der Waals surface area contributed by atoms with Crippen LogP contribution in [0.25, 0.3) is 5.69 Å². The molecule has 2 aromatic carbocycles. The second kappa shape index (κ2) is 9.82. The van der Waals surface area contributed by atoms with E-state index in [4.69, 9.17) is 16.3 Å². The van der Waals surface area contributed by atoms with E-state index in [9.17, 15) is 4.79 Å². The van der Waals surface area contributed by atoms with E-state index in [1.807, 2.05) is 31.2 Å². The van der Waals surface area contributed by atoms with E-state index >= 15 is 0 Å². The van der Waals surface area contributed by atoms with Crippen molar-refractivity contribution in [3.8, 4) is 11.4 Å². The van der Waals surface area contributed by atoms with Gasteiger partial charge < -0.3 is 14.5 Å². The summed E-state index contributed by atoms with van der Waals surface area (Å²) in [5, 5.41) is 9.37. The van der Waals surface area contributed by atoms with Gasteiger partial charge in [0.25, 0.3) is 5.91 Å². The standard InChI is InChI=1S/C30H35ClN6O2/c1-19-29(32-33-37(19)26-10-5-22(17-25(26)31)21-3-4-21)30(38)36-18-20-15-27(28(36)16-20)35-13-11-34(12-14-35)23-6-8-24(39-2)9-7-23/h5-10,17,20-21,27-28H,3-4,11-16,18H2,1-2H3. The molecule has 3 aromatic rings. The average molecular weight is 547 g/mol. The van der Waals surface area contributed by atoms with E-state index in [0.717, 1.165) is 56.3 Å². The van der Waals surface area contributed by atoms with E-state index in [2.05, 4.69) is 43.2 Å². The zero-order valence-electron chi connectivity index (χ0n) is 22.6. The summed E-state index contributed by atoms with van der Waals surface area (Å²) in [6.07, 6.45) is 4.71. The van der Waals surface area contributed by atoms with Gasteiger partial charge in [0.2, 0.25) is 0 Å². The third kappa shape index (κ3) is 4.47. The van der Waals surface area contributed by atoms with Crippen LogP contribution >= 0.6 is 11.6 Å². The number of amides is 1. The molecule has 0 spiro atoms. The lowest BCUT2D eigenvalue weighted by Gasteiger charge is -2.44. The van der Waals surface area contributed by atoms with Crippen LogP contribution in [-0.4, -0.2) is 82.6 Å². The summed E-state index contributed by atoms with van der Waals surface area (Å²) in [5.74, 6) is 2.07. The Morgan fingerprint density at radius 1 is 1.00 bits per heavy atom. The minimum atomic E-state index is -0.00135. The van der Waals surface area contributed by atoms with Gasteiger partial charge in [-0.15, -0.1) is 5.10 Å². The molecule has 204 valence electrons. The lowest BCUT2D eigenvalue weighted by atomic mass is 10.0. The Morgan fingerprint density at radius 2 is 1.74 bits per heavy atom. The number of hydrogen-bond donors (Lipinski definition) is 0. The Labute approximate surface area is 234 Å². The zero-order valence-corrected chi connectivity index (χ0v) is 23.3. The molecule has 2 aliphatic carbocycles. The van der Waals surface area contributed by atoms with Gasteiger partial charge in [-0.25, -0.2) is 4.68 Å². The number of fused-ring (bicyclic) bond motifs is 2. The first-order chi connectivity index (χ1) is 19.0. The number of piperidine rings is 1. The predicted octanol–water partition coefficient (Wildman–Crippen LogP) is 4.54. The van der Waals surface area contributed by atoms with Crippen LogP contribution in [0.4, 0.5) is 5.69 Å². The Bertz CT molecular complexity index is 1380. The van der Waals surface area contributed by atoms with Crippen molar-refractivity contribution in [1.29, 1.82) is 0 Å². The molecule has 3 unspecified atom stereocenters. The molecule has 0 N–H and O–H groups in total. The molecule has 2 bridgehead atoms. The minimum Gasteiger partial charge on any atom is -0.497 e. The molecule has 1 aromatic heterocycles. The van der Waals surface area contributed by atoms with E-state index in [1.54, 1.807) is 11.8 Å². The molecular weight excluding hydrogens is 512 g/mol. The van der Waals surface area contributed by atoms with Gasteiger partial charge in [0, 0.05) is 50.5 Å². The lowest BCUT2D eigenvalue weighted by molar-refractivity contribution is 0.0504. The number of rotatable bonds is 6. The monoisotopic (exact) mass is 546 g/mol. The van der Waals surface area contributed by atoms with Crippen LogP contribution in [0.15, 0.2) is 42.5 Å². The third-order valence-corrected chi connectivity index (χ3v) is 9.58. The van der Waals surface area contributed by atoms with Crippen molar-refractivity contribution in [2.24, 2.45) is 5.92 Å². The molecule has 8 nitrogen and oxygen atoms in total. The van der Waals surface area contributed by atoms with E-state index in [0.29, 0.717) is 28.6 Å². The maximum absolute atomic E-state index is 13.8. The van der Waals surface area contributed by atoms with E-state index in [-0.39, 0.29) is 11.9 Å². The fourth-order valence-corrected chi connectivity index (χ4v) is 7.25. The number of nitrogens with zero attached hydrogens (tertiary/aromatic N) is 6. The second-order valence-electron chi connectivity index (χ2n) is 11.6. The lowest BCUT2D eigenvalue weighted by Crippen LogP contribution is -2.57. The summed E-state index contributed by atoms with van der Waals surface area (Å²) in [6, 6.07) is 15.1. The zero-order chi connectivity index (χ0) is 26.7. The van der Waals surface area contributed by atoms with Gasteiger partial charge in [-0.3, -0.25) is 9.69 Å². The van der Waals surface area contributed by atoms with Crippen molar-refractivity contribution in [2.75, 3.05) is 44.7 Å². The first kappa shape index (κ1) is 24.9. The predicted molar refractivity (Wildman–Crippen MR) is 151 cm³/mol. The molecule has 1 amide bonds. The van der Waals surface area contributed by atoms with Gasteiger partial charge >= 0.3 is 0 Å². The average Bonchev–Trinajstić information content (AvgIpc) is 3.46. The molecule has 2 saturated carbocycles. The SMILES string of the molecule is COc1ccc(N2CCN(C3CC4CC3N(C(=O)c3nnn(-c5ccc(C6CC6)cc5Cl)c3C)C4)CC2)cc1. The molecule has 7 rings (SSSR count). The molecular formula is C30H35ClN6O2. The number of methoxy groups -OCH3 is 1. The number of likely N-dealkylation sites (tertiary alicyclic amines) is 1. The highest BCUT2D eigenvalue weighted by Gasteiger charge is 2.50. The summed E-state index contributed by atoms with van der Waals surface area (Å²) >= 11 is 6.64. The maximum Gasteiger partial charge on any atom is 0.276 e. The normalized spacial score (nSPS) is 24.9. The van der Waals surface area contributed by atoms with Crippen LogP contribution in [0.3, 0.4) is 0 Å². The van der Waals surface area contributed by atoms with Crippen molar-refractivity contribution in [2.45, 2.75) is 50.6 Å². The fourth-order valence-electron chi connectivity index (χ4n) is 6.98. The van der Waals surface area contributed by atoms with E-state index in [1.165, 1.54) is 30.5 Å². The summed E-state index contributed by atoms with van der Waals surface area (Å²) < 4.78 is 7.03. The molecule has 39 heavy (non-hydrogen) atoms. The first-order valence-corrected chi connectivity index (χ1v) is 14.5. The quantitative estimate of drug-likeness (QED) is 0.452. The fraction of sp³-hybridized carbons (Fsp3) is 0.500. The van der Waals surface area contributed by atoms with Crippen LogP contribution in [0.5, 0.6) is 5.75 Å². The van der Waals surface area contributed by atoms with Crippen LogP contribution in [0.2, 0.25) is 5.02 Å². The topological polar surface area (TPSA) is 66.7 Å². The Hall–Kier alpha value is -3.10. The maximum atomic E-state index is 13.8. The van der Waals surface area contributed by atoms with Crippen LogP contribution in [-0.2, 0) is 0 Å². The highest BCUT2D eigenvalue weighted by molar-refractivity contribution is 6.32. The van der Waals surface area contributed by atoms with Gasteiger partial charge in [0.1, 0.15) is 5.75 Å². The Balaban J connectivity index is 1.03. The summed E-state index contributed by atoms with van der Waals surface area (Å²) in [5.41, 5.74) is 4.48. The number of halogens is 1. The van der Waals surface area contributed by atoms with Gasteiger partial charge in [0.15, 0.2) is 5.69 Å². The minimum absolute atomic E-state index is 0.00135. The number of carbonyl (C=O) groups is 1. The van der Waals surface area contributed by atoms with Crippen molar-refractivity contribution < 1.29 is 9.53 Å². The number of aromatic nitrogens is 3. The summed E-state index contributed by atoms with van der Waals surface area (Å²) in [4.78, 5) is 20.9. The smallest absolute Gasteiger partial charge is 0.276 e. The van der Waals surface area contributed by atoms with Crippen LogP contribution in [0, 0.1) is 12.8 Å². The molecule has 4 fully saturated rings. The van der Waals surface area contributed by atoms with Gasteiger partial charge in [-0.2, -0.15) is 0 Å². The number of hydrogen-bond acceptors (Lipinski definition) is 6. The van der Waals surface area contributed by atoms with Crippen LogP contribution < -0.4 is 9.64 Å². The van der Waals surface area contributed by atoms with Crippen molar-refractivity contribution >= 4 is 23.2 Å². The molecule has 3 atom stereocenters. The molecule has 4 aliphatic rings. The highest BCUT2D eigenvalue weighted by atomic mass is 35.5.